The molecule has 6 nitrogen and oxygen atoms in total. The van der Waals surface area contributed by atoms with Gasteiger partial charge in [0.1, 0.15) is 0 Å². The molecule has 2 aromatic rings. The Morgan fingerprint density at radius 3 is 2.79 bits per heavy atom. The monoisotopic (exact) mass is 259 g/mol. The van der Waals surface area contributed by atoms with Crippen LogP contribution in [0.25, 0.3) is 0 Å². The number of tetrazole rings is 1. The van der Waals surface area contributed by atoms with Crippen molar-refractivity contribution in [3.63, 3.8) is 0 Å². The number of aromatic nitrogens is 4. The first-order valence-electron chi connectivity index (χ1n) is 6.50. The van der Waals surface area contributed by atoms with Crippen molar-refractivity contribution in [1.29, 1.82) is 0 Å². The van der Waals surface area contributed by atoms with Crippen LogP contribution in [-0.4, -0.2) is 49.4 Å². The van der Waals surface area contributed by atoms with Gasteiger partial charge in [0, 0.05) is 13.1 Å². The molecule has 1 N–H and O–H groups in total. The fraction of sp³-hybridized carbons (Fsp3) is 0.462. The number of β-amino-alcohol motifs (C(OH)–C–C–N with tert-alkyl or cyclic N) is 1. The third-order valence-corrected chi connectivity index (χ3v) is 3.39. The maximum Gasteiger partial charge on any atom is 0.165 e. The van der Waals surface area contributed by atoms with Crippen molar-refractivity contribution in [2.75, 3.05) is 13.1 Å². The Labute approximate surface area is 111 Å². The molecule has 1 aromatic carbocycles. The van der Waals surface area contributed by atoms with Crippen LogP contribution in [0.15, 0.2) is 30.3 Å². The van der Waals surface area contributed by atoms with Crippen LogP contribution in [0.5, 0.6) is 0 Å². The lowest BCUT2D eigenvalue weighted by Gasteiger charge is -2.14. The number of aliphatic hydroxyl groups excluding tert-OH is 1. The molecular formula is C13H17N5O. The number of nitrogens with zero attached hydrogens (tertiary/aromatic N) is 5. The van der Waals surface area contributed by atoms with E-state index in [9.17, 15) is 5.11 Å². The van der Waals surface area contributed by atoms with Gasteiger partial charge in [0.25, 0.3) is 0 Å². The molecule has 0 bridgehead atoms. The molecule has 0 spiro atoms. The van der Waals surface area contributed by atoms with E-state index in [2.05, 4.69) is 32.6 Å². The summed E-state index contributed by atoms with van der Waals surface area (Å²) in [7, 11) is 0. The van der Waals surface area contributed by atoms with Crippen LogP contribution in [0.1, 0.15) is 17.8 Å². The summed E-state index contributed by atoms with van der Waals surface area (Å²) in [6.07, 6.45) is 0.624. The zero-order valence-electron chi connectivity index (χ0n) is 10.7. The maximum atomic E-state index is 9.53. The van der Waals surface area contributed by atoms with E-state index in [4.69, 9.17) is 0 Å². The average Bonchev–Trinajstić information content (AvgIpc) is 3.01. The van der Waals surface area contributed by atoms with Gasteiger partial charge in [-0.25, -0.2) is 4.68 Å². The highest BCUT2D eigenvalue weighted by atomic mass is 16.3. The molecule has 1 aliphatic rings. The smallest absolute Gasteiger partial charge is 0.165 e. The molecule has 19 heavy (non-hydrogen) atoms. The molecular weight excluding hydrogens is 242 g/mol. The van der Waals surface area contributed by atoms with Crippen LogP contribution in [-0.2, 0) is 13.1 Å². The minimum atomic E-state index is -0.210. The van der Waals surface area contributed by atoms with Crippen LogP contribution in [0.4, 0.5) is 0 Å². The normalized spacial score (nSPS) is 19.9. The summed E-state index contributed by atoms with van der Waals surface area (Å²) in [5, 5.41) is 21.4. The van der Waals surface area contributed by atoms with Crippen molar-refractivity contribution in [1.82, 2.24) is 25.1 Å². The largest absolute Gasteiger partial charge is 0.392 e. The maximum absolute atomic E-state index is 9.53. The molecule has 0 saturated carbocycles. The second-order valence-corrected chi connectivity index (χ2v) is 4.92. The van der Waals surface area contributed by atoms with Gasteiger partial charge >= 0.3 is 0 Å². The summed E-state index contributed by atoms with van der Waals surface area (Å²) in [6.45, 7) is 2.98. The average molecular weight is 259 g/mol. The molecule has 100 valence electrons. The van der Waals surface area contributed by atoms with E-state index in [-0.39, 0.29) is 6.10 Å². The lowest BCUT2D eigenvalue weighted by molar-refractivity contribution is 0.173. The van der Waals surface area contributed by atoms with E-state index in [0.29, 0.717) is 19.6 Å². The van der Waals surface area contributed by atoms with E-state index < -0.39 is 0 Å². The number of benzene rings is 1. The molecule has 0 radical (unpaired) electrons. The fourth-order valence-electron chi connectivity index (χ4n) is 2.37. The van der Waals surface area contributed by atoms with Gasteiger partial charge in [-0.2, -0.15) is 0 Å². The second kappa shape index (κ2) is 5.46. The predicted molar refractivity (Wildman–Crippen MR) is 69.3 cm³/mol. The molecule has 1 aliphatic heterocycles. The second-order valence-electron chi connectivity index (χ2n) is 4.92. The summed E-state index contributed by atoms with van der Waals surface area (Å²) in [4.78, 5) is 2.18. The van der Waals surface area contributed by atoms with E-state index >= 15 is 0 Å². The third kappa shape index (κ3) is 2.97. The van der Waals surface area contributed by atoms with Crippen LogP contribution in [0.2, 0.25) is 0 Å². The van der Waals surface area contributed by atoms with Crippen LogP contribution in [0.3, 0.4) is 0 Å². The van der Waals surface area contributed by atoms with Gasteiger partial charge in [-0.05, 0) is 22.4 Å². The molecule has 6 heteroatoms. The van der Waals surface area contributed by atoms with Crippen molar-refractivity contribution < 1.29 is 5.11 Å². The summed E-state index contributed by atoms with van der Waals surface area (Å²) in [6, 6.07) is 10.1. The molecule has 1 fully saturated rings. The summed E-state index contributed by atoms with van der Waals surface area (Å²) < 4.78 is 1.82. The Morgan fingerprint density at radius 2 is 2.05 bits per heavy atom. The van der Waals surface area contributed by atoms with Gasteiger partial charge in [-0.3, -0.25) is 4.90 Å². The highest BCUT2D eigenvalue weighted by molar-refractivity contribution is 5.14. The lowest BCUT2D eigenvalue weighted by Crippen LogP contribution is -2.24. The van der Waals surface area contributed by atoms with Crippen LogP contribution >= 0.6 is 0 Å². The van der Waals surface area contributed by atoms with E-state index in [1.807, 2.05) is 22.9 Å². The first-order valence-corrected chi connectivity index (χ1v) is 6.50. The number of likely N-dealkylation sites (tertiary alicyclic amines) is 1. The van der Waals surface area contributed by atoms with Crippen molar-refractivity contribution in [3.8, 4) is 0 Å². The van der Waals surface area contributed by atoms with E-state index in [1.165, 1.54) is 5.56 Å². The van der Waals surface area contributed by atoms with Crippen molar-refractivity contribution in [2.45, 2.75) is 25.6 Å². The summed E-state index contributed by atoms with van der Waals surface area (Å²) in [5.41, 5.74) is 1.18. The Bertz CT molecular complexity index is 527. The highest BCUT2D eigenvalue weighted by Crippen LogP contribution is 2.12. The van der Waals surface area contributed by atoms with Gasteiger partial charge in [0.05, 0.1) is 19.2 Å². The molecule has 3 rings (SSSR count). The van der Waals surface area contributed by atoms with Crippen molar-refractivity contribution in [3.05, 3.63) is 41.7 Å². The van der Waals surface area contributed by atoms with Crippen molar-refractivity contribution in [2.24, 2.45) is 0 Å². The van der Waals surface area contributed by atoms with Gasteiger partial charge in [-0.15, -0.1) is 5.10 Å². The molecule has 0 unspecified atom stereocenters. The standard InChI is InChI=1S/C13H17N5O/c19-12-6-7-17(9-12)10-13-14-15-16-18(13)8-11-4-2-1-3-5-11/h1-5,12,19H,6-10H2/t12-/m0/s1. The summed E-state index contributed by atoms with van der Waals surface area (Å²) >= 11 is 0. The first kappa shape index (κ1) is 12.3. The summed E-state index contributed by atoms with van der Waals surface area (Å²) in [5.74, 6) is 0.845. The Hall–Kier alpha value is -1.79. The Morgan fingerprint density at radius 1 is 1.21 bits per heavy atom. The van der Waals surface area contributed by atoms with E-state index in [0.717, 1.165) is 18.8 Å². The molecule has 2 heterocycles. The Balaban J connectivity index is 1.68. The van der Waals surface area contributed by atoms with Gasteiger partial charge in [0.15, 0.2) is 5.82 Å². The van der Waals surface area contributed by atoms with Gasteiger partial charge in [-0.1, -0.05) is 30.3 Å². The number of rotatable bonds is 4. The Kier molecular flexibility index (Phi) is 3.52. The molecule has 1 atom stereocenters. The topological polar surface area (TPSA) is 67.1 Å². The van der Waals surface area contributed by atoms with Crippen LogP contribution in [0, 0.1) is 0 Å². The van der Waals surface area contributed by atoms with Gasteiger partial charge in [0.2, 0.25) is 0 Å². The number of hydrogen-bond acceptors (Lipinski definition) is 5. The zero-order chi connectivity index (χ0) is 13.1. The van der Waals surface area contributed by atoms with Crippen molar-refractivity contribution >= 4 is 0 Å². The molecule has 0 aliphatic carbocycles. The van der Waals surface area contributed by atoms with Gasteiger partial charge < -0.3 is 5.11 Å². The highest BCUT2D eigenvalue weighted by Gasteiger charge is 2.22. The van der Waals surface area contributed by atoms with Crippen LogP contribution < -0.4 is 0 Å². The fourth-order valence-corrected chi connectivity index (χ4v) is 2.37. The minimum absolute atomic E-state index is 0.210. The predicted octanol–water partition coefficient (Wildman–Crippen LogP) is 0.288. The molecule has 1 aromatic heterocycles. The quantitative estimate of drug-likeness (QED) is 0.854. The minimum Gasteiger partial charge on any atom is -0.392 e. The molecule has 1 saturated heterocycles. The zero-order valence-corrected chi connectivity index (χ0v) is 10.7. The number of hydrogen-bond donors (Lipinski definition) is 1. The van der Waals surface area contributed by atoms with E-state index in [1.54, 1.807) is 0 Å². The number of aliphatic hydroxyl groups is 1. The third-order valence-electron chi connectivity index (χ3n) is 3.39. The first-order chi connectivity index (χ1) is 9.31. The molecule has 0 amide bonds. The SMILES string of the molecule is O[C@H]1CCN(Cc2nnnn2Cc2ccccc2)C1. The lowest BCUT2D eigenvalue weighted by atomic mass is 10.2.